The zero-order valence-electron chi connectivity index (χ0n) is 12.0. The molecule has 3 nitrogen and oxygen atoms in total. The maximum atomic E-state index is 4.57. The summed E-state index contributed by atoms with van der Waals surface area (Å²) in [4.78, 5) is 8.63. The second-order valence-electron chi connectivity index (χ2n) is 5.27. The van der Waals surface area contributed by atoms with E-state index in [1.807, 2.05) is 11.3 Å². The number of rotatable bonds is 3. The molecule has 1 saturated heterocycles. The van der Waals surface area contributed by atoms with Gasteiger partial charge < -0.3 is 5.32 Å². The van der Waals surface area contributed by atoms with E-state index in [1.54, 1.807) is 0 Å². The first-order chi connectivity index (χ1) is 8.61. The summed E-state index contributed by atoms with van der Waals surface area (Å²) in [6, 6.07) is 1.15. The van der Waals surface area contributed by atoms with E-state index in [-0.39, 0.29) is 0 Å². The Balaban J connectivity index is 2.11. The minimum atomic E-state index is 0.505. The van der Waals surface area contributed by atoms with Gasteiger partial charge in [0.05, 0.1) is 10.7 Å². The van der Waals surface area contributed by atoms with Gasteiger partial charge in [0.15, 0.2) is 0 Å². The van der Waals surface area contributed by atoms with E-state index in [4.69, 9.17) is 0 Å². The molecule has 0 saturated carbocycles. The van der Waals surface area contributed by atoms with Gasteiger partial charge in [-0.05, 0) is 40.2 Å². The van der Waals surface area contributed by atoms with Crippen LogP contribution in [0.1, 0.15) is 48.3 Å². The van der Waals surface area contributed by atoms with Gasteiger partial charge in [-0.3, -0.25) is 4.90 Å². The molecule has 0 aromatic carbocycles. The Bertz CT molecular complexity index is 388. The number of hydrogen-bond acceptors (Lipinski definition) is 4. The van der Waals surface area contributed by atoms with E-state index < -0.39 is 0 Å². The van der Waals surface area contributed by atoms with Crippen molar-refractivity contribution >= 4 is 11.3 Å². The molecule has 1 aromatic heterocycles. The minimum absolute atomic E-state index is 0.505. The standard InChI is InChI=1S/C14H25N3S/c1-5-13-9-17(8-6-7-15-13)11(3)14-10(2)16-12(4)18-14/h11,13,15H,5-9H2,1-4H3. The van der Waals surface area contributed by atoms with Crippen LogP contribution < -0.4 is 5.32 Å². The van der Waals surface area contributed by atoms with E-state index in [0.717, 1.165) is 13.1 Å². The number of nitrogens with zero attached hydrogens (tertiary/aromatic N) is 2. The van der Waals surface area contributed by atoms with Crippen LogP contribution in [0.4, 0.5) is 0 Å². The first-order valence-corrected chi connectivity index (χ1v) is 7.84. The second-order valence-corrected chi connectivity index (χ2v) is 6.50. The number of thiazole rings is 1. The molecule has 1 aliphatic rings. The molecule has 0 amide bonds. The Morgan fingerprint density at radius 2 is 2.28 bits per heavy atom. The molecule has 1 aliphatic heterocycles. The third-order valence-corrected chi connectivity index (χ3v) is 5.11. The van der Waals surface area contributed by atoms with Crippen LogP contribution in [0.3, 0.4) is 0 Å². The van der Waals surface area contributed by atoms with Gasteiger partial charge in [0.1, 0.15) is 0 Å². The van der Waals surface area contributed by atoms with Crippen LogP contribution in [0.15, 0.2) is 0 Å². The van der Waals surface area contributed by atoms with Crippen molar-refractivity contribution < 1.29 is 0 Å². The van der Waals surface area contributed by atoms with Gasteiger partial charge in [-0.1, -0.05) is 6.92 Å². The van der Waals surface area contributed by atoms with Crippen molar-refractivity contribution in [3.8, 4) is 0 Å². The topological polar surface area (TPSA) is 28.2 Å². The Labute approximate surface area is 115 Å². The maximum absolute atomic E-state index is 4.57. The molecule has 102 valence electrons. The van der Waals surface area contributed by atoms with Crippen molar-refractivity contribution in [1.82, 2.24) is 15.2 Å². The lowest BCUT2D eigenvalue weighted by molar-refractivity contribution is 0.207. The lowest BCUT2D eigenvalue weighted by Gasteiger charge is -2.29. The van der Waals surface area contributed by atoms with Crippen LogP contribution in [0.25, 0.3) is 0 Å². The molecule has 0 spiro atoms. The number of aromatic nitrogens is 1. The third kappa shape index (κ3) is 3.11. The molecule has 0 radical (unpaired) electrons. The fourth-order valence-electron chi connectivity index (χ4n) is 2.75. The van der Waals surface area contributed by atoms with Crippen LogP contribution in [0.5, 0.6) is 0 Å². The molecule has 1 aromatic rings. The van der Waals surface area contributed by atoms with Gasteiger partial charge in [0.2, 0.25) is 0 Å². The lowest BCUT2D eigenvalue weighted by Crippen LogP contribution is -2.38. The molecule has 18 heavy (non-hydrogen) atoms. The van der Waals surface area contributed by atoms with Gasteiger partial charge in [0, 0.05) is 30.1 Å². The molecule has 2 heterocycles. The summed E-state index contributed by atoms with van der Waals surface area (Å²) in [6.07, 6.45) is 2.46. The minimum Gasteiger partial charge on any atom is -0.313 e. The Kier molecular flexibility index (Phi) is 4.76. The number of hydrogen-bond donors (Lipinski definition) is 1. The summed E-state index contributed by atoms with van der Waals surface area (Å²) in [5.41, 5.74) is 1.22. The fourth-order valence-corrected chi connectivity index (χ4v) is 3.77. The molecular formula is C14H25N3S. The highest BCUT2D eigenvalue weighted by Gasteiger charge is 2.24. The first kappa shape index (κ1) is 14.0. The van der Waals surface area contributed by atoms with Crippen molar-refractivity contribution in [2.75, 3.05) is 19.6 Å². The van der Waals surface area contributed by atoms with Crippen molar-refractivity contribution in [1.29, 1.82) is 0 Å². The largest absolute Gasteiger partial charge is 0.313 e. The molecule has 2 atom stereocenters. The van der Waals surface area contributed by atoms with Gasteiger partial charge in [-0.25, -0.2) is 4.98 Å². The van der Waals surface area contributed by atoms with E-state index in [1.165, 1.54) is 35.0 Å². The van der Waals surface area contributed by atoms with Gasteiger partial charge in [-0.2, -0.15) is 0 Å². The molecule has 0 aliphatic carbocycles. The van der Waals surface area contributed by atoms with E-state index in [2.05, 4.69) is 42.9 Å². The average molecular weight is 267 g/mol. The summed E-state index contributed by atoms with van der Waals surface area (Å²) >= 11 is 1.86. The van der Waals surface area contributed by atoms with Crippen LogP contribution in [-0.2, 0) is 0 Å². The first-order valence-electron chi connectivity index (χ1n) is 7.03. The SMILES string of the molecule is CCC1CN(C(C)c2sc(C)nc2C)CCCN1. The van der Waals surface area contributed by atoms with Crippen LogP contribution >= 0.6 is 11.3 Å². The van der Waals surface area contributed by atoms with Crippen LogP contribution in [0.2, 0.25) is 0 Å². The van der Waals surface area contributed by atoms with Gasteiger partial charge in [-0.15, -0.1) is 11.3 Å². The fraction of sp³-hybridized carbons (Fsp3) is 0.786. The summed E-state index contributed by atoms with van der Waals surface area (Å²) in [5, 5.41) is 4.82. The third-order valence-electron chi connectivity index (χ3n) is 3.87. The van der Waals surface area contributed by atoms with Gasteiger partial charge >= 0.3 is 0 Å². The summed E-state index contributed by atoms with van der Waals surface area (Å²) in [6.45, 7) is 12.4. The molecule has 0 bridgehead atoms. The van der Waals surface area contributed by atoms with Crippen molar-refractivity contribution in [3.05, 3.63) is 15.6 Å². The van der Waals surface area contributed by atoms with Crippen LogP contribution in [0, 0.1) is 13.8 Å². The predicted octanol–water partition coefficient (Wildman–Crippen LogP) is 2.89. The summed E-state index contributed by atoms with van der Waals surface area (Å²) in [5.74, 6) is 0. The second kappa shape index (κ2) is 6.13. The number of aryl methyl sites for hydroxylation is 2. The summed E-state index contributed by atoms with van der Waals surface area (Å²) < 4.78 is 0. The summed E-state index contributed by atoms with van der Waals surface area (Å²) in [7, 11) is 0. The number of nitrogens with one attached hydrogen (secondary N) is 1. The highest BCUT2D eigenvalue weighted by molar-refractivity contribution is 7.11. The predicted molar refractivity (Wildman–Crippen MR) is 78.3 cm³/mol. The highest BCUT2D eigenvalue weighted by atomic mass is 32.1. The zero-order chi connectivity index (χ0) is 13.1. The Morgan fingerprint density at radius 3 is 2.89 bits per heavy atom. The molecule has 2 rings (SSSR count). The lowest BCUT2D eigenvalue weighted by atomic mass is 10.1. The van der Waals surface area contributed by atoms with E-state index in [9.17, 15) is 0 Å². The Hall–Kier alpha value is -0.450. The quantitative estimate of drug-likeness (QED) is 0.913. The normalized spacial score (nSPS) is 23.9. The molecular weight excluding hydrogens is 242 g/mol. The van der Waals surface area contributed by atoms with E-state index in [0.29, 0.717) is 12.1 Å². The highest BCUT2D eigenvalue weighted by Crippen LogP contribution is 2.29. The molecule has 1 fully saturated rings. The van der Waals surface area contributed by atoms with E-state index >= 15 is 0 Å². The van der Waals surface area contributed by atoms with Crippen LogP contribution in [-0.4, -0.2) is 35.6 Å². The van der Waals surface area contributed by atoms with Crippen molar-refractivity contribution in [2.45, 2.75) is 52.6 Å². The zero-order valence-corrected chi connectivity index (χ0v) is 12.8. The van der Waals surface area contributed by atoms with Gasteiger partial charge in [0.25, 0.3) is 0 Å². The maximum Gasteiger partial charge on any atom is 0.0900 e. The van der Waals surface area contributed by atoms with Crippen molar-refractivity contribution in [2.24, 2.45) is 0 Å². The molecule has 1 N–H and O–H groups in total. The molecule has 4 heteroatoms. The average Bonchev–Trinajstić information content (AvgIpc) is 2.57. The monoisotopic (exact) mass is 267 g/mol. The van der Waals surface area contributed by atoms with Crippen molar-refractivity contribution in [3.63, 3.8) is 0 Å². The Morgan fingerprint density at radius 1 is 1.50 bits per heavy atom. The molecule has 2 unspecified atom stereocenters. The smallest absolute Gasteiger partial charge is 0.0900 e.